The van der Waals surface area contributed by atoms with Crippen LogP contribution in [0.4, 0.5) is 5.69 Å². The fourth-order valence-electron chi connectivity index (χ4n) is 1.33. The van der Waals surface area contributed by atoms with Gasteiger partial charge in [0.2, 0.25) is 0 Å². The zero-order chi connectivity index (χ0) is 12.2. The van der Waals surface area contributed by atoms with Crippen molar-refractivity contribution in [3.05, 3.63) is 24.3 Å². The van der Waals surface area contributed by atoms with Crippen LogP contribution in [-0.4, -0.2) is 16.8 Å². The lowest BCUT2D eigenvalue weighted by Gasteiger charge is -2.14. The van der Waals surface area contributed by atoms with E-state index in [0.29, 0.717) is 17.1 Å². The summed E-state index contributed by atoms with van der Waals surface area (Å²) in [5, 5.41) is 0. The van der Waals surface area contributed by atoms with Crippen LogP contribution in [0.2, 0.25) is 0 Å². The van der Waals surface area contributed by atoms with Crippen LogP contribution >= 0.6 is 0 Å². The summed E-state index contributed by atoms with van der Waals surface area (Å²) >= 11 is 0. The van der Waals surface area contributed by atoms with Gasteiger partial charge in [0.15, 0.2) is 0 Å². The zero-order valence-electron chi connectivity index (χ0n) is 9.93. The second-order valence-corrected chi connectivity index (χ2v) is 5.83. The summed E-state index contributed by atoms with van der Waals surface area (Å²) < 4.78 is 19.8. The predicted octanol–water partition coefficient (Wildman–Crippen LogP) is 2.03. The molecule has 0 amide bonds. The largest absolute Gasteiger partial charge is 0.399 e. The first-order chi connectivity index (χ1) is 7.48. The number of nitrogens with zero attached hydrogens (tertiary/aromatic N) is 1. The summed E-state index contributed by atoms with van der Waals surface area (Å²) in [6.07, 6.45) is 0. The fourth-order valence-corrected chi connectivity index (χ4v) is 3.20. The van der Waals surface area contributed by atoms with Gasteiger partial charge in [0.1, 0.15) is 9.92 Å². The number of anilines is 1. The van der Waals surface area contributed by atoms with Crippen LogP contribution in [0, 0.1) is 0 Å². The van der Waals surface area contributed by atoms with Crippen LogP contribution in [0.15, 0.2) is 33.5 Å². The van der Waals surface area contributed by atoms with Crippen LogP contribution in [0.3, 0.4) is 0 Å². The number of hydrogen-bond acceptors (Lipinski definition) is 3. The van der Waals surface area contributed by atoms with Crippen LogP contribution < -0.4 is 10.5 Å². The topological polar surface area (TPSA) is 67.5 Å². The average molecular weight is 241 g/mol. The quantitative estimate of drug-likeness (QED) is 0.792. The Kier molecular flexibility index (Phi) is 4.32. The summed E-state index contributed by atoms with van der Waals surface area (Å²) in [7, 11) is -2.51. The Balaban J connectivity index is 3.17. The smallest absolute Gasteiger partial charge is 0.137 e. The molecule has 0 aliphatic carbocycles. The molecular weight excluding hydrogens is 222 g/mol. The monoisotopic (exact) mass is 241 g/mol. The van der Waals surface area contributed by atoms with Gasteiger partial charge in [-0.2, -0.15) is 0 Å². The molecule has 0 aromatic heterocycles. The van der Waals surface area contributed by atoms with Crippen LogP contribution in [0.1, 0.15) is 20.8 Å². The first kappa shape index (κ1) is 13.0. The highest BCUT2D eigenvalue weighted by molar-refractivity contribution is 7.91. The molecule has 1 aromatic carbocycles. The predicted molar refractivity (Wildman–Crippen MR) is 68.5 cm³/mol. The number of benzene rings is 1. The first-order valence-electron chi connectivity index (χ1n) is 5.33. The van der Waals surface area contributed by atoms with Crippen LogP contribution in [0.25, 0.3) is 0 Å². The van der Waals surface area contributed by atoms with E-state index in [4.69, 9.17) is 5.73 Å². The van der Waals surface area contributed by atoms with E-state index in [1.807, 2.05) is 20.8 Å². The van der Waals surface area contributed by atoms with Gasteiger partial charge in [0.05, 0.1) is 4.90 Å². The Morgan fingerprint density at radius 3 is 2.38 bits per heavy atom. The molecule has 1 atom stereocenters. The molecule has 4 nitrogen and oxygen atoms in total. The highest BCUT2D eigenvalue weighted by Gasteiger charge is 2.12. The van der Waals surface area contributed by atoms with Crippen LogP contribution in [0.5, 0.6) is 0 Å². The fraction of sp³-hybridized carbons (Fsp3) is 0.455. The maximum absolute atomic E-state index is 12.6. The molecular formula is C11H19N3OS. The number of nitrogens with one attached hydrogen (secondary N) is 1. The third-order valence-electron chi connectivity index (χ3n) is 1.91. The molecule has 0 saturated heterocycles. The standard InChI is InChI=1S/C11H19N3OS/c1-4-13-16(15,14-9(2)3)11-7-5-10(12)6-8-11/h5-9H,4,12H2,1-3H3,(H,13,14,15). The Hall–Kier alpha value is -1.07. The number of nitrogen functional groups attached to an aromatic ring is 1. The molecule has 16 heavy (non-hydrogen) atoms. The molecule has 0 heterocycles. The maximum Gasteiger partial charge on any atom is 0.137 e. The summed E-state index contributed by atoms with van der Waals surface area (Å²) in [6, 6.07) is 7.10. The molecule has 0 spiro atoms. The number of rotatable bonds is 4. The average Bonchev–Trinajstić information content (AvgIpc) is 2.17. The molecule has 5 heteroatoms. The normalized spacial score (nSPS) is 14.8. The third kappa shape index (κ3) is 3.21. The van der Waals surface area contributed by atoms with E-state index in [1.165, 1.54) is 0 Å². The molecule has 0 radical (unpaired) electrons. The van der Waals surface area contributed by atoms with Gasteiger partial charge in [0, 0.05) is 18.3 Å². The molecule has 1 rings (SSSR count). The Bertz CT molecular complexity index is 445. The minimum absolute atomic E-state index is 0.111. The van der Waals surface area contributed by atoms with E-state index in [9.17, 15) is 4.21 Å². The second-order valence-electron chi connectivity index (χ2n) is 3.81. The van der Waals surface area contributed by atoms with Gasteiger partial charge in [-0.3, -0.25) is 0 Å². The van der Waals surface area contributed by atoms with Crippen molar-refractivity contribution in [3.63, 3.8) is 0 Å². The van der Waals surface area contributed by atoms with Crippen molar-refractivity contribution in [2.75, 3.05) is 12.3 Å². The first-order valence-corrected chi connectivity index (χ1v) is 6.85. The van der Waals surface area contributed by atoms with Gasteiger partial charge in [0.25, 0.3) is 0 Å². The van der Waals surface area contributed by atoms with Gasteiger partial charge in [-0.25, -0.2) is 13.3 Å². The lowest BCUT2D eigenvalue weighted by Crippen LogP contribution is -2.30. The molecule has 0 saturated carbocycles. The van der Waals surface area contributed by atoms with E-state index in [2.05, 4.69) is 9.08 Å². The molecule has 3 N–H and O–H groups in total. The highest BCUT2D eigenvalue weighted by atomic mass is 32.2. The lowest BCUT2D eigenvalue weighted by atomic mass is 10.3. The van der Waals surface area contributed by atoms with Crippen molar-refractivity contribution in [1.29, 1.82) is 0 Å². The molecule has 90 valence electrons. The highest BCUT2D eigenvalue weighted by Crippen LogP contribution is 2.14. The van der Waals surface area contributed by atoms with Crippen molar-refractivity contribution in [3.8, 4) is 0 Å². The summed E-state index contributed by atoms with van der Waals surface area (Å²) in [5.41, 5.74) is 6.26. The van der Waals surface area contributed by atoms with Crippen molar-refractivity contribution in [2.45, 2.75) is 31.7 Å². The summed E-state index contributed by atoms with van der Waals surface area (Å²) in [6.45, 7) is 6.28. The zero-order valence-corrected chi connectivity index (χ0v) is 10.8. The van der Waals surface area contributed by atoms with Crippen molar-refractivity contribution in [1.82, 2.24) is 4.72 Å². The lowest BCUT2D eigenvalue weighted by molar-refractivity contribution is 0.645. The molecule has 0 fully saturated rings. The van der Waals surface area contributed by atoms with E-state index in [1.54, 1.807) is 24.3 Å². The Morgan fingerprint density at radius 1 is 1.38 bits per heavy atom. The van der Waals surface area contributed by atoms with E-state index in [0.717, 1.165) is 0 Å². The summed E-state index contributed by atoms with van der Waals surface area (Å²) in [5.74, 6) is 0. The van der Waals surface area contributed by atoms with Crippen molar-refractivity contribution in [2.24, 2.45) is 4.36 Å². The number of nitrogens with two attached hydrogens (primary N) is 1. The molecule has 0 aliphatic heterocycles. The van der Waals surface area contributed by atoms with Gasteiger partial charge < -0.3 is 5.73 Å². The SMILES string of the molecule is CCN=S(=O)(NC(C)C)c1ccc(N)cc1. The van der Waals surface area contributed by atoms with Gasteiger partial charge in [-0.1, -0.05) is 0 Å². The molecule has 1 aromatic rings. The van der Waals surface area contributed by atoms with Gasteiger partial charge >= 0.3 is 0 Å². The molecule has 0 bridgehead atoms. The minimum Gasteiger partial charge on any atom is -0.399 e. The van der Waals surface area contributed by atoms with E-state index < -0.39 is 9.92 Å². The third-order valence-corrected chi connectivity index (χ3v) is 4.23. The Morgan fingerprint density at radius 2 is 1.94 bits per heavy atom. The second kappa shape index (κ2) is 5.32. The van der Waals surface area contributed by atoms with Crippen molar-refractivity contribution < 1.29 is 4.21 Å². The minimum atomic E-state index is -2.51. The van der Waals surface area contributed by atoms with E-state index >= 15 is 0 Å². The molecule has 1 unspecified atom stereocenters. The number of hydrogen-bond donors (Lipinski definition) is 2. The van der Waals surface area contributed by atoms with E-state index in [-0.39, 0.29) is 6.04 Å². The Labute approximate surface area is 97.6 Å². The van der Waals surface area contributed by atoms with Crippen LogP contribution in [-0.2, 0) is 9.92 Å². The van der Waals surface area contributed by atoms with Gasteiger partial charge in [-0.05, 0) is 45.0 Å². The summed E-state index contributed by atoms with van der Waals surface area (Å²) in [4.78, 5) is 0.678. The van der Waals surface area contributed by atoms with Gasteiger partial charge in [-0.15, -0.1) is 0 Å². The molecule has 0 aliphatic rings. The van der Waals surface area contributed by atoms with Crippen molar-refractivity contribution >= 4 is 15.6 Å². The maximum atomic E-state index is 12.6.